The number of aryl methyl sites for hydroxylation is 2. The molecule has 1 fully saturated rings. The molecule has 0 spiro atoms. The standard InChI is InChI=1S/C13H21N5S/c1-9-12(18-13(15-9)19-10(2)16-18)8-17-6-4-5-11(7-17)14-3/h11,14H,4-8H2,1-3H3. The van der Waals surface area contributed by atoms with Crippen molar-refractivity contribution in [1.29, 1.82) is 0 Å². The van der Waals surface area contributed by atoms with Crippen LogP contribution in [0.1, 0.15) is 29.2 Å². The maximum absolute atomic E-state index is 4.62. The van der Waals surface area contributed by atoms with Gasteiger partial charge in [0.2, 0.25) is 4.96 Å². The first-order chi connectivity index (χ1) is 9.17. The highest BCUT2D eigenvalue weighted by atomic mass is 32.1. The van der Waals surface area contributed by atoms with Gasteiger partial charge < -0.3 is 5.32 Å². The van der Waals surface area contributed by atoms with Gasteiger partial charge in [0.1, 0.15) is 5.01 Å². The van der Waals surface area contributed by atoms with E-state index in [9.17, 15) is 0 Å². The van der Waals surface area contributed by atoms with E-state index in [0.717, 1.165) is 28.8 Å². The van der Waals surface area contributed by atoms with Gasteiger partial charge >= 0.3 is 0 Å². The number of nitrogens with one attached hydrogen (secondary N) is 1. The van der Waals surface area contributed by atoms with Crippen LogP contribution in [0.3, 0.4) is 0 Å². The second-order valence-corrected chi connectivity index (χ2v) is 6.48. The number of hydrogen-bond donors (Lipinski definition) is 1. The quantitative estimate of drug-likeness (QED) is 0.927. The number of hydrogen-bond acceptors (Lipinski definition) is 5. The van der Waals surface area contributed by atoms with Gasteiger partial charge in [-0.15, -0.1) is 0 Å². The van der Waals surface area contributed by atoms with Crippen LogP contribution in [-0.4, -0.2) is 45.7 Å². The monoisotopic (exact) mass is 279 g/mol. The topological polar surface area (TPSA) is 45.5 Å². The molecule has 6 heteroatoms. The molecule has 1 atom stereocenters. The molecule has 1 aliphatic heterocycles. The van der Waals surface area contributed by atoms with Crippen molar-refractivity contribution in [2.75, 3.05) is 20.1 Å². The Morgan fingerprint density at radius 3 is 3.05 bits per heavy atom. The third kappa shape index (κ3) is 2.52. The number of aromatic nitrogens is 3. The van der Waals surface area contributed by atoms with E-state index < -0.39 is 0 Å². The van der Waals surface area contributed by atoms with Crippen LogP contribution in [0, 0.1) is 13.8 Å². The SMILES string of the molecule is CNC1CCCN(Cc2c(C)nc3sc(C)nn23)C1. The molecule has 0 aromatic carbocycles. The minimum Gasteiger partial charge on any atom is -0.316 e. The number of likely N-dealkylation sites (N-methyl/N-ethyl adjacent to an activating group) is 1. The molecule has 0 radical (unpaired) electrons. The Bertz CT molecular complexity index is 573. The lowest BCUT2D eigenvalue weighted by Gasteiger charge is -2.32. The summed E-state index contributed by atoms with van der Waals surface area (Å²) in [6.07, 6.45) is 2.55. The van der Waals surface area contributed by atoms with Crippen molar-refractivity contribution in [3.05, 3.63) is 16.4 Å². The van der Waals surface area contributed by atoms with E-state index in [4.69, 9.17) is 0 Å². The van der Waals surface area contributed by atoms with Crippen LogP contribution in [0.2, 0.25) is 0 Å². The molecular formula is C13H21N5S. The fourth-order valence-corrected chi connectivity index (χ4v) is 3.62. The van der Waals surface area contributed by atoms with Crippen LogP contribution in [0.4, 0.5) is 0 Å². The van der Waals surface area contributed by atoms with Crippen LogP contribution < -0.4 is 5.32 Å². The van der Waals surface area contributed by atoms with Gasteiger partial charge in [-0.25, -0.2) is 9.50 Å². The third-order valence-corrected chi connectivity index (χ3v) is 4.71. The summed E-state index contributed by atoms with van der Waals surface area (Å²) >= 11 is 1.66. The van der Waals surface area contributed by atoms with Crippen molar-refractivity contribution in [3.63, 3.8) is 0 Å². The van der Waals surface area contributed by atoms with Gasteiger partial charge in [0.15, 0.2) is 0 Å². The normalized spacial score (nSPS) is 21.3. The summed E-state index contributed by atoms with van der Waals surface area (Å²) < 4.78 is 2.03. The fourth-order valence-electron chi connectivity index (χ4n) is 2.81. The van der Waals surface area contributed by atoms with Crippen molar-refractivity contribution in [1.82, 2.24) is 24.8 Å². The molecule has 0 saturated carbocycles. The number of piperidine rings is 1. The second-order valence-electron chi connectivity index (χ2n) is 5.32. The molecule has 1 unspecified atom stereocenters. The van der Waals surface area contributed by atoms with Crippen LogP contribution >= 0.6 is 11.3 Å². The Kier molecular flexibility index (Phi) is 3.56. The maximum atomic E-state index is 4.62. The van der Waals surface area contributed by atoms with Crippen molar-refractivity contribution >= 4 is 16.3 Å². The van der Waals surface area contributed by atoms with Crippen LogP contribution in [-0.2, 0) is 6.54 Å². The van der Waals surface area contributed by atoms with Gasteiger partial charge in [0.05, 0.1) is 11.4 Å². The summed E-state index contributed by atoms with van der Waals surface area (Å²) in [5, 5.41) is 9.04. The first-order valence-electron chi connectivity index (χ1n) is 6.88. The molecule has 3 heterocycles. The lowest BCUT2D eigenvalue weighted by Crippen LogP contribution is -2.44. The van der Waals surface area contributed by atoms with E-state index in [-0.39, 0.29) is 0 Å². The zero-order chi connectivity index (χ0) is 13.4. The summed E-state index contributed by atoms with van der Waals surface area (Å²) in [5.41, 5.74) is 2.36. The molecule has 5 nitrogen and oxygen atoms in total. The zero-order valence-corrected chi connectivity index (χ0v) is 12.6. The molecule has 104 valence electrons. The highest BCUT2D eigenvalue weighted by Crippen LogP contribution is 2.20. The van der Waals surface area contributed by atoms with Crippen LogP contribution in [0.25, 0.3) is 4.96 Å². The Labute approximate surface area is 117 Å². The van der Waals surface area contributed by atoms with E-state index in [1.54, 1.807) is 11.3 Å². The van der Waals surface area contributed by atoms with Crippen LogP contribution in [0.5, 0.6) is 0 Å². The third-order valence-electron chi connectivity index (χ3n) is 3.88. The van der Waals surface area contributed by atoms with Gasteiger partial charge in [-0.1, -0.05) is 11.3 Å². The Morgan fingerprint density at radius 1 is 1.42 bits per heavy atom. The Hall–Kier alpha value is -0.980. The van der Waals surface area contributed by atoms with E-state index in [2.05, 4.69) is 34.3 Å². The smallest absolute Gasteiger partial charge is 0.212 e. The fraction of sp³-hybridized carbons (Fsp3) is 0.692. The summed E-state index contributed by atoms with van der Waals surface area (Å²) in [6.45, 7) is 7.37. The minimum absolute atomic E-state index is 0.620. The molecule has 0 aliphatic carbocycles. The molecule has 1 aliphatic rings. The Morgan fingerprint density at radius 2 is 2.26 bits per heavy atom. The van der Waals surface area contributed by atoms with Crippen molar-refractivity contribution in [2.45, 2.75) is 39.3 Å². The van der Waals surface area contributed by atoms with Gasteiger partial charge in [0, 0.05) is 19.1 Å². The van der Waals surface area contributed by atoms with E-state index in [1.165, 1.54) is 25.1 Å². The number of imidazole rings is 1. The lowest BCUT2D eigenvalue weighted by atomic mass is 10.1. The Balaban J connectivity index is 1.82. The van der Waals surface area contributed by atoms with Crippen LogP contribution in [0.15, 0.2) is 0 Å². The second kappa shape index (κ2) is 5.19. The number of nitrogens with zero attached hydrogens (tertiary/aromatic N) is 4. The van der Waals surface area contributed by atoms with Gasteiger partial charge in [-0.2, -0.15) is 5.10 Å². The number of fused-ring (bicyclic) bond motifs is 1. The molecule has 1 N–H and O–H groups in total. The summed E-state index contributed by atoms with van der Waals surface area (Å²) in [4.78, 5) is 8.15. The highest BCUT2D eigenvalue weighted by Gasteiger charge is 2.21. The van der Waals surface area contributed by atoms with Gasteiger partial charge in [-0.3, -0.25) is 4.90 Å². The molecule has 2 aromatic heterocycles. The summed E-state index contributed by atoms with van der Waals surface area (Å²) in [5.74, 6) is 0. The van der Waals surface area contributed by atoms with Gasteiger partial charge in [0.25, 0.3) is 0 Å². The van der Waals surface area contributed by atoms with E-state index in [0.29, 0.717) is 6.04 Å². The predicted molar refractivity (Wildman–Crippen MR) is 77.7 cm³/mol. The molecule has 0 amide bonds. The number of rotatable bonds is 3. The molecule has 19 heavy (non-hydrogen) atoms. The average Bonchev–Trinajstić information content (AvgIpc) is 2.88. The summed E-state index contributed by atoms with van der Waals surface area (Å²) in [7, 11) is 2.06. The van der Waals surface area contributed by atoms with E-state index in [1.807, 2.05) is 11.4 Å². The summed E-state index contributed by atoms with van der Waals surface area (Å²) in [6, 6.07) is 0.620. The van der Waals surface area contributed by atoms with Crippen molar-refractivity contribution in [3.8, 4) is 0 Å². The average molecular weight is 279 g/mol. The molecule has 3 rings (SSSR count). The van der Waals surface area contributed by atoms with Crippen molar-refractivity contribution in [2.24, 2.45) is 0 Å². The van der Waals surface area contributed by atoms with Gasteiger partial charge in [-0.05, 0) is 40.3 Å². The number of likely N-dealkylation sites (tertiary alicyclic amines) is 1. The first kappa shape index (κ1) is 13.0. The van der Waals surface area contributed by atoms with E-state index >= 15 is 0 Å². The largest absolute Gasteiger partial charge is 0.316 e. The molecule has 0 bridgehead atoms. The van der Waals surface area contributed by atoms with Crippen molar-refractivity contribution < 1.29 is 0 Å². The highest BCUT2D eigenvalue weighted by molar-refractivity contribution is 7.16. The zero-order valence-electron chi connectivity index (χ0n) is 11.8. The molecule has 1 saturated heterocycles. The first-order valence-corrected chi connectivity index (χ1v) is 7.70. The maximum Gasteiger partial charge on any atom is 0.212 e. The predicted octanol–water partition coefficient (Wildman–Crippen LogP) is 1.59. The molecular weight excluding hydrogens is 258 g/mol. The lowest BCUT2D eigenvalue weighted by molar-refractivity contribution is 0.185. The minimum atomic E-state index is 0.620. The molecule has 2 aromatic rings.